The number of amides is 1. The van der Waals surface area contributed by atoms with Crippen molar-refractivity contribution < 1.29 is 19.8 Å². The highest BCUT2D eigenvalue weighted by molar-refractivity contribution is 5.94. The summed E-state index contributed by atoms with van der Waals surface area (Å²) in [7, 11) is 0. The number of rotatable bonds is 5. The van der Waals surface area contributed by atoms with E-state index in [1.54, 1.807) is 24.3 Å². The van der Waals surface area contributed by atoms with Crippen molar-refractivity contribution in [2.24, 2.45) is 0 Å². The van der Waals surface area contributed by atoms with Crippen LogP contribution in [0, 0.1) is 0 Å². The normalized spacial score (nSPS) is 12.3. The van der Waals surface area contributed by atoms with Crippen LogP contribution in [0.2, 0.25) is 0 Å². The third-order valence-electron chi connectivity index (χ3n) is 2.08. The van der Waals surface area contributed by atoms with Crippen LogP contribution in [0.4, 0.5) is 0 Å². The van der Waals surface area contributed by atoms with Crippen LogP contribution in [-0.2, 0) is 9.59 Å². The smallest absolute Gasteiger partial charge is 0.328 e. The molecule has 1 rings (SSSR count). The zero-order valence-electron chi connectivity index (χ0n) is 9.04. The molecule has 0 bridgehead atoms. The predicted molar refractivity (Wildman–Crippen MR) is 61.2 cm³/mol. The van der Waals surface area contributed by atoms with Crippen molar-refractivity contribution >= 4 is 11.9 Å². The molecule has 5 heteroatoms. The summed E-state index contributed by atoms with van der Waals surface area (Å²) >= 11 is 0. The fourth-order valence-corrected chi connectivity index (χ4v) is 1.29. The van der Waals surface area contributed by atoms with Gasteiger partial charge in [0.25, 0.3) is 0 Å². The van der Waals surface area contributed by atoms with Gasteiger partial charge >= 0.3 is 5.97 Å². The number of carbonyl (C=O) groups is 2. The first-order valence-electron chi connectivity index (χ1n) is 5.01. The van der Waals surface area contributed by atoms with Gasteiger partial charge in [-0.25, -0.2) is 4.79 Å². The lowest BCUT2D eigenvalue weighted by Gasteiger charge is -2.15. The molecule has 0 radical (unpaired) electrons. The molecule has 3 N–H and O–H groups in total. The number of carbonyl (C=O) groups excluding carboxylic acids is 1. The highest BCUT2D eigenvalue weighted by Gasteiger charge is 2.11. The first-order chi connectivity index (χ1) is 8.13. The van der Waals surface area contributed by atoms with Gasteiger partial charge in [-0.1, -0.05) is 30.3 Å². The van der Waals surface area contributed by atoms with Gasteiger partial charge in [-0.2, -0.15) is 0 Å². The summed E-state index contributed by atoms with van der Waals surface area (Å²) in [4.78, 5) is 21.5. The zero-order valence-corrected chi connectivity index (χ0v) is 9.04. The molecule has 0 fully saturated rings. The Morgan fingerprint density at radius 1 is 1.24 bits per heavy atom. The fourth-order valence-electron chi connectivity index (χ4n) is 1.29. The van der Waals surface area contributed by atoms with Crippen molar-refractivity contribution in [1.82, 2.24) is 5.32 Å². The van der Waals surface area contributed by atoms with Crippen LogP contribution < -0.4 is 5.32 Å². The molecule has 1 atom stereocenters. The molecule has 0 aliphatic heterocycles. The van der Waals surface area contributed by atoms with Crippen LogP contribution in [0.15, 0.2) is 42.5 Å². The number of hydrogen-bond acceptors (Lipinski definition) is 3. The molecular weight excluding hydrogens is 222 g/mol. The average molecular weight is 235 g/mol. The number of carboxylic acid groups (broad SMARTS) is 1. The summed E-state index contributed by atoms with van der Waals surface area (Å²) < 4.78 is 0. The monoisotopic (exact) mass is 235 g/mol. The molecule has 17 heavy (non-hydrogen) atoms. The Morgan fingerprint density at radius 2 is 1.88 bits per heavy atom. The lowest BCUT2D eigenvalue weighted by molar-refractivity contribution is -0.131. The van der Waals surface area contributed by atoms with Gasteiger partial charge < -0.3 is 15.5 Å². The van der Waals surface area contributed by atoms with E-state index in [-0.39, 0.29) is 6.61 Å². The maximum atomic E-state index is 11.3. The van der Waals surface area contributed by atoms with Crippen LogP contribution in [0.1, 0.15) is 11.6 Å². The summed E-state index contributed by atoms with van der Waals surface area (Å²) in [6.45, 7) is -0.253. The largest absolute Gasteiger partial charge is 0.478 e. The highest BCUT2D eigenvalue weighted by Crippen LogP contribution is 2.11. The Morgan fingerprint density at radius 3 is 2.41 bits per heavy atom. The minimum atomic E-state index is -1.19. The summed E-state index contributed by atoms with van der Waals surface area (Å²) in [5.41, 5.74) is 0.757. The van der Waals surface area contributed by atoms with E-state index in [2.05, 4.69) is 5.32 Å². The van der Waals surface area contributed by atoms with E-state index >= 15 is 0 Å². The average Bonchev–Trinajstić information content (AvgIpc) is 2.34. The van der Waals surface area contributed by atoms with E-state index in [9.17, 15) is 9.59 Å². The van der Waals surface area contributed by atoms with E-state index in [1.807, 2.05) is 6.07 Å². The molecule has 0 spiro atoms. The zero-order chi connectivity index (χ0) is 12.7. The Balaban J connectivity index is 2.65. The molecule has 0 unspecified atom stereocenters. The maximum Gasteiger partial charge on any atom is 0.328 e. The molecule has 5 nitrogen and oxygen atoms in total. The SMILES string of the molecule is O=C(O)C=CC(=O)N[C@@H](CO)c1ccccc1. The topological polar surface area (TPSA) is 86.6 Å². The van der Waals surface area contributed by atoms with Crippen molar-refractivity contribution in [3.8, 4) is 0 Å². The third kappa shape index (κ3) is 4.48. The second kappa shape index (κ2) is 6.44. The first kappa shape index (κ1) is 12.9. The fraction of sp³-hybridized carbons (Fsp3) is 0.167. The third-order valence-corrected chi connectivity index (χ3v) is 2.08. The molecule has 1 aromatic rings. The summed E-state index contributed by atoms with van der Waals surface area (Å²) in [6.07, 6.45) is 1.66. The van der Waals surface area contributed by atoms with Crippen LogP contribution >= 0.6 is 0 Å². The molecule has 0 aromatic heterocycles. The second-order valence-electron chi connectivity index (χ2n) is 3.33. The van der Waals surface area contributed by atoms with Crippen molar-refractivity contribution in [3.05, 3.63) is 48.0 Å². The Bertz CT molecular complexity index is 414. The quantitative estimate of drug-likeness (QED) is 0.648. The van der Waals surface area contributed by atoms with Gasteiger partial charge in [0.2, 0.25) is 5.91 Å². The molecule has 90 valence electrons. The van der Waals surface area contributed by atoms with Gasteiger partial charge in [0.15, 0.2) is 0 Å². The number of aliphatic carboxylic acids is 1. The Hall–Kier alpha value is -2.14. The first-order valence-corrected chi connectivity index (χ1v) is 5.01. The van der Waals surface area contributed by atoms with Gasteiger partial charge in [-0.3, -0.25) is 4.79 Å². The van der Waals surface area contributed by atoms with Crippen LogP contribution in [0.3, 0.4) is 0 Å². The number of hydrogen-bond donors (Lipinski definition) is 3. The van der Waals surface area contributed by atoms with E-state index in [0.29, 0.717) is 0 Å². The van der Waals surface area contributed by atoms with Crippen LogP contribution in [0.5, 0.6) is 0 Å². The van der Waals surface area contributed by atoms with E-state index in [0.717, 1.165) is 17.7 Å². The van der Waals surface area contributed by atoms with Crippen molar-refractivity contribution in [2.75, 3.05) is 6.61 Å². The highest BCUT2D eigenvalue weighted by atomic mass is 16.4. The second-order valence-corrected chi connectivity index (χ2v) is 3.33. The van der Waals surface area contributed by atoms with Gasteiger partial charge in [-0.15, -0.1) is 0 Å². The van der Waals surface area contributed by atoms with Gasteiger partial charge in [0.1, 0.15) is 0 Å². The summed E-state index contributed by atoms with van der Waals surface area (Å²) in [5, 5.41) is 20.0. The predicted octanol–water partition coefficient (Wildman–Crippen LogP) is 0.477. The molecular formula is C12H13NO4. The van der Waals surface area contributed by atoms with E-state index < -0.39 is 17.9 Å². The number of carboxylic acids is 1. The van der Waals surface area contributed by atoms with E-state index in [1.165, 1.54) is 0 Å². The van der Waals surface area contributed by atoms with Gasteiger partial charge in [0, 0.05) is 12.2 Å². The number of aliphatic hydroxyl groups excluding tert-OH is 1. The molecule has 0 heterocycles. The Labute approximate surface area is 98.4 Å². The lowest BCUT2D eigenvalue weighted by atomic mass is 10.1. The summed E-state index contributed by atoms with van der Waals surface area (Å²) in [5.74, 6) is -1.75. The molecule has 0 saturated heterocycles. The summed E-state index contributed by atoms with van der Waals surface area (Å²) in [6, 6.07) is 8.39. The van der Waals surface area contributed by atoms with Crippen molar-refractivity contribution in [2.45, 2.75) is 6.04 Å². The molecule has 0 aliphatic rings. The standard InChI is InChI=1S/C12H13NO4/c14-8-10(9-4-2-1-3-5-9)13-11(15)6-7-12(16)17/h1-7,10,14H,8H2,(H,13,15)(H,16,17)/t10-/m0/s1. The number of nitrogens with one attached hydrogen (secondary N) is 1. The minimum Gasteiger partial charge on any atom is -0.478 e. The minimum absolute atomic E-state index is 0.253. The van der Waals surface area contributed by atoms with Gasteiger partial charge in [-0.05, 0) is 5.56 Å². The van der Waals surface area contributed by atoms with Crippen molar-refractivity contribution in [3.63, 3.8) is 0 Å². The molecule has 1 aromatic carbocycles. The van der Waals surface area contributed by atoms with Crippen LogP contribution in [0.25, 0.3) is 0 Å². The van der Waals surface area contributed by atoms with Gasteiger partial charge in [0.05, 0.1) is 12.6 Å². The van der Waals surface area contributed by atoms with Crippen molar-refractivity contribution in [1.29, 1.82) is 0 Å². The lowest BCUT2D eigenvalue weighted by Crippen LogP contribution is -2.29. The number of benzene rings is 1. The van der Waals surface area contributed by atoms with Crippen LogP contribution in [-0.4, -0.2) is 28.7 Å². The molecule has 0 aliphatic carbocycles. The maximum absolute atomic E-state index is 11.3. The van der Waals surface area contributed by atoms with E-state index in [4.69, 9.17) is 10.2 Å². The molecule has 0 saturated carbocycles. The number of aliphatic hydroxyl groups is 1. The Kier molecular flexibility index (Phi) is 4.90. The molecule has 1 amide bonds.